The highest BCUT2D eigenvalue weighted by atomic mass is 35.5. The van der Waals surface area contributed by atoms with Gasteiger partial charge in [-0.3, -0.25) is 0 Å². The second-order valence-corrected chi connectivity index (χ2v) is 3.40. The van der Waals surface area contributed by atoms with Crippen LogP contribution in [0, 0.1) is 12.2 Å². The summed E-state index contributed by atoms with van der Waals surface area (Å²) in [5.74, 6) is -0.386. The molecule has 0 aliphatic carbocycles. The predicted molar refractivity (Wildman–Crippen MR) is 49.0 cm³/mol. The lowest BCUT2D eigenvalue weighted by atomic mass is 10.1. The van der Waals surface area contributed by atoms with Crippen LogP contribution in [0.5, 0.6) is 0 Å². The highest BCUT2D eigenvalue weighted by molar-refractivity contribution is 6.30. The highest BCUT2D eigenvalue weighted by Crippen LogP contribution is 2.29. The van der Waals surface area contributed by atoms with Crippen LogP contribution >= 0.6 is 11.6 Å². The third-order valence-electron chi connectivity index (χ3n) is 2.07. The molecule has 0 N–H and O–H groups in total. The minimum absolute atomic E-state index is 0.0156. The van der Waals surface area contributed by atoms with Gasteiger partial charge in [0, 0.05) is 6.61 Å². The van der Waals surface area contributed by atoms with Gasteiger partial charge in [0.2, 0.25) is 0 Å². The Balaban J connectivity index is 2.25. The fourth-order valence-corrected chi connectivity index (χ4v) is 1.59. The standard InChI is InChI=1S/C10H9ClFO/c11-8-6-7(3-4-9(8)12)10-2-1-5-13-10/h2-4,6,10H,1,5H2. The molecule has 1 aromatic carbocycles. The number of halogens is 2. The number of ether oxygens (including phenoxy) is 1. The molecule has 0 bridgehead atoms. The Hall–Kier alpha value is -0.600. The van der Waals surface area contributed by atoms with Crippen molar-refractivity contribution in [3.8, 4) is 0 Å². The molecule has 1 aliphatic rings. The largest absolute Gasteiger partial charge is 0.373 e. The second-order valence-electron chi connectivity index (χ2n) is 2.99. The van der Waals surface area contributed by atoms with Crippen LogP contribution in [0.4, 0.5) is 4.39 Å². The van der Waals surface area contributed by atoms with Crippen LogP contribution in [0.1, 0.15) is 18.1 Å². The molecule has 0 saturated carbocycles. The average molecular weight is 200 g/mol. The van der Waals surface area contributed by atoms with Gasteiger partial charge >= 0.3 is 0 Å². The molecule has 1 heterocycles. The van der Waals surface area contributed by atoms with Crippen LogP contribution in [0.25, 0.3) is 0 Å². The molecule has 2 rings (SSSR count). The summed E-state index contributed by atoms with van der Waals surface area (Å²) in [6, 6.07) is 4.68. The first-order chi connectivity index (χ1) is 6.27. The normalized spacial score (nSPS) is 22.2. The van der Waals surface area contributed by atoms with E-state index in [1.807, 2.05) is 0 Å². The maximum absolute atomic E-state index is 12.8. The molecule has 0 amide bonds. The zero-order chi connectivity index (χ0) is 9.26. The molecule has 1 fully saturated rings. The van der Waals surface area contributed by atoms with E-state index in [0.29, 0.717) is 0 Å². The van der Waals surface area contributed by atoms with Gasteiger partial charge in [-0.1, -0.05) is 17.7 Å². The van der Waals surface area contributed by atoms with Crippen LogP contribution in [-0.4, -0.2) is 6.61 Å². The lowest BCUT2D eigenvalue weighted by Gasteiger charge is -2.09. The minimum atomic E-state index is -0.386. The number of rotatable bonds is 1. The molecule has 1 atom stereocenters. The van der Waals surface area contributed by atoms with E-state index in [9.17, 15) is 4.39 Å². The molecule has 1 saturated heterocycles. The molecular formula is C10H9ClFO. The SMILES string of the molecule is Fc1ccc(C2[CH]CCO2)cc1Cl. The first-order valence-electron chi connectivity index (χ1n) is 4.17. The van der Waals surface area contributed by atoms with Gasteiger partial charge in [0.15, 0.2) is 0 Å². The van der Waals surface area contributed by atoms with E-state index in [4.69, 9.17) is 16.3 Å². The van der Waals surface area contributed by atoms with Crippen LogP contribution in [-0.2, 0) is 4.74 Å². The van der Waals surface area contributed by atoms with Gasteiger partial charge < -0.3 is 4.74 Å². The summed E-state index contributed by atoms with van der Waals surface area (Å²) in [5.41, 5.74) is 0.920. The van der Waals surface area contributed by atoms with E-state index in [0.717, 1.165) is 18.6 Å². The Morgan fingerprint density at radius 2 is 2.31 bits per heavy atom. The van der Waals surface area contributed by atoms with Gasteiger partial charge in [0.05, 0.1) is 11.1 Å². The van der Waals surface area contributed by atoms with Crippen LogP contribution < -0.4 is 0 Å². The number of hydrogen-bond donors (Lipinski definition) is 0. The zero-order valence-corrected chi connectivity index (χ0v) is 7.72. The number of benzene rings is 1. The van der Waals surface area contributed by atoms with Crippen molar-refractivity contribution in [2.75, 3.05) is 6.61 Å². The van der Waals surface area contributed by atoms with Gasteiger partial charge in [0.1, 0.15) is 5.82 Å². The van der Waals surface area contributed by atoms with E-state index in [1.54, 1.807) is 12.1 Å². The second kappa shape index (κ2) is 3.64. The van der Waals surface area contributed by atoms with E-state index < -0.39 is 0 Å². The molecule has 3 heteroatoms. The first kappa shape index (κ1) is 8.97. The van der Waals surface area contributed by atoms with Crippen molar-refractivity contribution in [3.63, 3.8) is 0 Å². The van der Waals surface area contributed by atoms with Crippen LogP contribution in [0.15, 0.2) is 18.2 Å². The summed E-state index contributed by atoms with van der Waals surface area (Å²) in [7, 11) is 0. The fraction of sp³-hybridized carbons (Fsp3) is 0.300. The molecule has 1 radical (unpaired) electrons. The molecule has 1 nitrogen and oxygen atoms in total. The smallest absolute Gasteiger partial charge is 0.141 e. The molecule has 1 aromatic rings. The predicted octanol–water partition coefficient (Wildman–Crippen LogP) is 3.14. The van der Waals surface area contributed by atoms with Crippen molar-refractivity contribution in [2.24, 2.45) is 0 Å². The topological polar surface area (TPSA) is 9.23 Å². The maximum Gasteiger partial charge on any atom is 0.141 e. The fourth-order valence-electron chi connectivity index (χ4n) is 1.40. The summed E-state index contributed by atoms with van der Waals surface area (Å²) in [5, 5.41) is 0.154. The van der Waals surface area contributed by atoms with Gasteiger partial charge in [-0.25, -0.2) is 4.39 Å². The lowest BCUT2D eigenvalue weighted by molar-refractivity contribution is 0.124. The van der Waals surface area contributed by atoms with E-state index in [2.05, 4.69) is 6.42 Å². The maximum atomic E-state index is 12.8. The van der Waals surface area contributed by atoms with E-state index >= 15 is 0 Å². The van der Waals surface area contributed by atoms with E-state index in [1.165, 1.54) is 6.07 Å². The zero-order valence-electron chi connectivity index (χ0n) is 6.97. The van der Waals surface area contributed by atoms with Gasteiger partial charge in [-0.2, -0.15) is 0 Å². The van der Waals surface area contributed by atoms with Gasteiger partial charge in [-0.15, -0.1) is 0 Å². The summed E-state index contributed by atoms with van der Waals surface area (Å²) >= 11 is 5.65. The monoisotopic (exact) mass is 199 g/mol. The summed E-state index contributed by atoms with van der Waals surface area (Å²) in [6.07, 6.45) is 2.99. The molecule has 1 unspecified atom stereocenters. The highest BCUT2D eigenvalue weighted by Gasteiger charge is 2.18. The van der Waals surface area contributed by atoms with Crippen molar-refractivity contribution >= 4 is 11.6 Å². The molecular weight excluding hydrogens is 191 g/mol. The van der Waals surface area contributed by atoms with E-state index in [-0.39, 0.29) is 16.9 Å². The quantitative estimate of drug-likeness (QED) is 0.675. The van der Waals surface area contributed by atoms with Gasteiger partial charge in [-0.05, 0) is 30.5 Å². The van der Waals surface area contributed by atoms with Crippen molar-refractivity contribution in [1.29, 1.82) is 0 Å². The Morgan fingerprint density at radius 3 is 2.92 bits per heavy atom. The van der Waals surface area contributed by atoms with Crippen molar-refractivity contribution in [2.45, 2.75) is 12.5 Å². The first-order valence-corrected chi connectivity index (χ1v) is 4.55. The summed E-state index contributed by atoms with van der Waals surface area (Å²) in [6.45, 7) is 0.736. The Labute approximate surface area is 81.5 Å². The molecule has 13 heavy (non-hydrogen) atoms. The summed E-state index contributed by atoms with van der Waals surface area (Å²) in [4.78, 5) is 0. The van der Waals surface area contributed by atoms with Crippen molar-refractivity contribution in [1.82, 2.24) is 0 Å². The minimum Gasteiger partial charge on any atom is -0.373 e. The molecule has 0 aromatic heterocycles. The average Bonchev–Trinajstić information content (AvgIpc) is 2.62. The van der Waals surface area contributed by atoms with Gasteiger partial charge in [0.25, 0.3) is 0 Å². The third kappa shape index (κ3) is 1.84. The molecule has 0 spiro atoms. The molecule has 69 valence electrons. The lowest BCUT2D eigenvalue weighted by Crippen LogP contribution is -1.96. The Morgan fingerprint density at radius 1 is 1.46 bits per heavy atom. The number of hydrogen-bond acceptors (Lipinski definition) is 1. The Bertz CT molecular complexity index is 308. The van der Waals surface area contributed by atoms with Crippen molar-refractivity contribution in [3.05, 3.63) is 41.0 Å². The Kier molecular flexibility index (Phi) is 2.51. The molecule has 1 aliphatic heterocycles. The van der Waals surface area contributed by atoms with Crippen molar-refractivity contribution < 1.29 is 9.13 Å². The third-order valence-corrected chi connectivity index (χ3v) is 2.36. The van der Waals surface area contributed by atoms with Crippen LogP contribution in [0.2, 0.25) is 5.02 Å². The summed E-state index contributed by atoms with van der Waals surface area (Å²) < 4.78 is 18.2. The van der Waals surface area contributed by atoms with Crippen LogP contribution in [0.3, 0.4) is 0 Å².